The van der Waals surface area contributed by atoms with Crippen LogP contribution in [0.4, 0.5) is 0 Å². The Morgan fingerprint density at radius 3 is 3.06 bits per heavy atom. The van der Waals surface area contributed by atoms with Crippen LogP contribution in [-0.2, 0) is 10.2 Å². The molecule has 1 aromatic carbocycles. The van der Waals surface area contributed by atoms with E-state index in [1.54, 1.807) is 6.07 Å². The lowest BCUT2D eigenvalue weighted by atomic mass is 9.79. The van der Waals surface area contributed by atoms with Gasteiger partial charge in [-0.05, 0) is 24.1 Å². The monoisotopic (exact) mass is 221 g/mol. The number of phenols is 1. The highest BCUT2D eigenvalue weighted by molar-refractivity contribution is 5.33. The molecular weight excluding hydrogens is 202 g/mol. The first kappa shape index (κ1) is 11.4. The van der Waals surface area contributed by atoms with Crippen molar-refractivity contribution in [2.75, 3.05) is 26.3 Å². The van der Waals surface area contributed by atoms with Crippen LogP contribution >= 0.6 is 0 Å². The van der Waals surface area contributed by atoms with Gasteiger partial charge in [-0.25, -0.2) is 0 Å². The molecule has 3 nitrogen and oxygen atoms in total. The molecule has 1 fully saturated rings. The number of hydrogen-bond donors (Lipinski definition) is 2. The van der Waals surface area contributed by atoms with Gasteiger partial charge in [-0.3, -0.25) is 0 Å². The zero-order valence-electron chi connectivity index (χ0n) is 9.70. The van der Waals surface area contributed by atoms with Crippen LogP contribution in [-0.4, -0.2) is 31.4 Å². The van der Waals surface area contributed by atoms with Crippen molar-refractivity contribution in [3.8, 4) is 5.75 Å². The van der Waals surface area contributed by atoms with Gasteiger partial charge in [0.25, 0.3) is 0 Å². The van der Waals surface area contributed by atoms with Crippen LogP contribution in [0, 0.1) is 0 Å². The lowest BCUT2D eigenvalue weighted by molar-refractivity contribution is 0.102. The minimum absolute atomic E-state index is 0.0408. The summed E-state index contributed by atoms with van der Waals surface area (Å²) in [5, 5.41) is 12.9. The largest absolute Gasteiger partial charge is 0.508 e. The SMILES string of the molecule is CC1(c2cccc(O)c2)CCOCCNC1. The number of aromatic hydroxyl groups is 1. The highest BCUT2D eigenvalue weighted by Gasteiger charge is 2.27. The van der Waals surface area contributed by atoms with Gasteiger partial charge in [0.15, 0.2) is 0 Å². The molecule has 0 spiro atoms. The molecule has 0 bridgehead atoms. The van der Waals surface area contributed by atoms with E-state index in [0.717, 1.165) is 32.7 Å². The van der Waals surface area contributed by atoms with Crippen molar-refractivity contribution in [2.24, 2.45) is 0 Å². The summed E-state index contributed by atoms with van der Waals surface area (Å²) >= 11 is 0. The third kappa shape index (κ3) is 2.54. The maximum Gasteiger partial charge on any atom is 0.115 e. The minimum Gasteiger partial charge on any atom is -0.508 e. The number of hydrogen-bond acceptors (Lipinski definition) is 3. The van der Waals surface area contributed by atoms with E-state index in [1.165, 1.54) is 5.56 Å². The fourth-order valence-electron chi connectivity index (χ4n) is 2.12. The maximum absolute atomic E-state index is 9.53. The highest BCUT2D eigenvalue weighted by Crippen LogP contribution is 2.29. The molecule has 1 aliphatic rings. The number of phenolic OH excluding ortho intramolecular Hbond substituents is 1. The van der Waals surface area contributed by atoms with E-state index in [9.17, 15) is 5.11 Å². The summed E-state index contributed by atoms with van der Waals surface area (Å²) in [6.45, 7) is 5.61. The summed E-state index contributed by atoms with van der Waals surface area (Å²) in [4.78, 5) is 0. The Bertz CT molecular complexity index is 344. The second kappa shape index (κ2) is 4.85. The fraction of sp³-hybridized carbons (Fsp3) is 0.538. The van der Waals surface area contributed by atoms with Crippen LogP contribution in [0.25, 0.3) is 0 Å². The lowest BCUT2D eigenvalue weighted by Gasteiger charge is -2.32. The summed E-state index contributed by atoms with van der Waals surface area (Å²) in [5.41, 5.74) is 1.21. The number of nitrogens with one attached hydrogen (secondary N) is 1. The first-order chi connectivity index (χ1) is 7.71. The predicted molar refractivity (Wildman–Crippen MR) is 63.8 cm³/mol. The molecule has 1 aromatic rings. The van der Waals surface area contributed by atoms with Gasteiger partial charge in [-0.15, -0.1) is 0 Å². The van der Waals surface area contributed by atoms with Gasteiger partial charge in [0.05, 0.1) is 6.61 Å². The normalized spacial score (nSPS) is 27.1. The topological polar surface area (TPSA) is 41.5 Å². The van der Waals surface area contributed by atoms with Crippen LogP contribution in [0.2, 0.25) is 0 Å². The molecule has 3 heteroatoms. The molecule has 0 aliphatic carbocycles. The van der Waals surface area contributed by atoms with Crippen molar-refractivity contribution in [1.29, 1.82) is 0 Å². The number of ether oxygens (including phenoxy) is 1. The predicted octanol–water partition coefficient (Wildman–Crippen LogP) is 1.66. The van der Waals surface area contributed by atoms with Crippen LogP contribution < -0.4 is 5.32 Å². The molecule has 0 saturated carbocycles. The van der Waals surface area contributed by atoms with E-state index in [4.69, 9.17) is 4.74 Å². The van der Waals surface area contributed by atoms with Gasteiger partial charge in [0.2, 0.25) is 0 Å². The Kier molecular flexibility index (Phi) is 3.46. The average Bonchev–Trinajstić information content (AvgIpc) is 2.24. The molecule has 2 N–H and O–H groups in total. The van der Waals surface area contributed by atoms with Gasteiger partial charge >= 0.3 is 0 Å². The Morgan fingerprint density at radius 1 is 1.38 bits per heavy atom. The van der Waals surface area contributed by atoms with Crippen LogP contribution in [0.1, 0.15) is 18.9 Å². The Labute approximate surface area is 96.4 Å². The molecule has 1 saturated heterocycles. The van der Waals surface area contributed by atoms with Gasteiger partial charge in [-0.2, -0.15) is 0 Å². The van der Waals surface area contributed by atoms with E-state index in [0.29, 0.717) is 5.75 Å². The van der Waals surface area contributed by atoms with Gasteiger partial charge in [0.1, 0.15) is 5.75 Å². The molecule has 2 rings (SSSR count). The molecule has 1 unspecified atom stereocenters. The first-order valence-corrected chi connectivity index (χ1v) is 5.79. The van der Waals surface area contributed by atoms with Crippen molar-refractivity contribution in [3.63, 3.8) is 0 Å². The fourth-order valence-corrected chi connectivity index (χ4v) is 2.12. The summed E-state index contributed by atoms with van der Waals surface area (Å²) in [6.07, 6.45) is 0.976. The van der Waals surface area contributed by atoms with Gasteiger partial charge < -0.3 is 15.2 Å². The second-order valence-corrected chi connectivity index (χ2v) is 4.65. The average molecular weight is 221 g/mol. The molecule has 1 aliphatic heterocycles. The van der Waals surface area contributed by atoms with Crippen molar-refractivity contribution < 1.29 is 9.84 Å². The van der Waals surface area contributed by atoms with Crippen molar-refractivity contribution >= 4 is 0 Å². The summed E-state index contributed by atoms with van der Waals surface area (Å²) < 4.78 is 5.50. The Morgan fingerprint density at radius 2 is 2.25 bits per heavy atom. The summed E-state index contributed by atoms with van der Waals surface area (Å²) in [5.74, 6) is 0.335. The van der Waals surface area contributed by atoms with Gasteiger partial charge in [0, 0.05) is 25.1 Å². The number of rotatable bonds is 1. The first-order valence-electron chi connectivity index (χ1n) is 5.79. The van der Waals surface area contributed by atoms with Crippen LogP contribution in [0.3, 0.4) is 0 Å². The van der Waals surface area contributed by atoms with E-state index in [1.807, 2.05) is 12.1 Å². The molecular formula is C13H19NO2. The lowest BCUT2D eigenvalue weighted by Crippen LogP contribution is -2.40. The van der Waals surface area contributed by atoms with Crippen molar-refractivity contribution in [1.82, 2.24) is 5.32 Å². The van der Waals surface area contributed by atoms with E-state index in [2.05, 4.69) is 18.3 Å². The third-order valence-corrected chi connectivity index (χ3v) is 3.28. The number of benzene rings is 1. The quantitative estimate of drug-likeness (QED) is 0.758. The van der Waals surface area contributed by atoms with Crippen molar-refractivity contribution in [2.45, 2.75) is 18.8 Å². The van der Waals surface area contributed by atoms with Gasteiger partial charge in [-0.1, -0.05) is 19.1 Å². The summed E-state index contributed by atoms with van der Waals surface area (Å²) in [6, 6.07) is 7.53. The third-order valence-electron chi connectivity index (χ3n) is 3.28. The standard InChI is InChI=1S/C13H19NO2/c1-13(5-7-16-8-6-14-10-13)11-3-2-4-12(15)9-11/h2-4,9,14-15H,5-8,10H2,1H3. The minimum atomic E-state index is 0.0408. The molecule has 0 amide bonds. The molecule has 16 heavy (non-hydrogen) atoms. The summed E-state index contributed by atoms with van der Waals surface area (Å²) in [7, 11) is 0. The van der Waals surface area contributed by atoms with Crippen LogP contribution in [0.15, 0.2) is 24.3 Å². The molecule has 1 atom stereocenters. The zero-order valence-corrected chi connectivity index (χ0v) is 9.70. The van der Waals surface area contributed by atoms with Crippen molar-refractivity contribution in [3.05, 3.63) is 29.8 Å². The highest BCUT2D eigenvalue weighted by atomic mass is 16.5. The van der Waals surface area contributed by atoms with E-state index < -0.39 is 0 Å². The molecule has 1 heterocycles. The molecule has 0 aromatic heterocycles. The van der Waals surface area contributed by atoms with Crippen LogP contribution in [0.5, 0.6) is 5.75 Å². The smallest absolute Gasteiger partial charge is 0.115 e. The second-order valence-electron chi connectivity index (χ2n) is 4.65. The molecule has 88 valence electrons. The van der Waals surface area contributed by atoms with E-state index in [-0.39, 0.29) is 5.41 Å². The molecule has 0 radical (unpaired) electrons. The Balaban J connectivity index is 2.20. The van der Waals surface area contributed by atoms with E-state index >= 15 is 0 Å². The Hall–Kier alpha value is -1.06. The maximum atomic E-state index is 9.53. The zero-order chi connectivity index (χ0) is 11.4.